The Morgan fingerprint density at radius 1 is 0.690 bits per heavy atom. The molecule has 4 amide bonds. The van der Waals surface area contributed by atoms with Gasteiger partial charge in [0.15, 0.2) is 0 Å². The zero-order valence-electron chi connectivity index (χ0n) is 23.6. The topological polar surface area (TPSA) is 186 Å². The van der Waals surface area contributed by atoms with Gasteiger partial charge >= 0.3 is 12.1 Å². The Kier molecular flexibility index (Phi) is 9.48. The first-order valence-electron chi connectivity index (χ1n) is 13.7. The van der Waals surface area contributed by atoms with Crippen LogP contribution in [0.3, 0.4) is 0 Å². The van der Waals surface area contributed by atoms with Gasteiger partial charge in [-0.2, -0.15) is 10.2 Å². The fourth-order valence-electron chi connectivity index (χ4n) is 4.85. The Labute approximate surface area is 240 Å². The second kappa shape index (κ2) is 13.4. The van der Waals surface area contributed by atoms with Gasteiger partial charge in [0.05, 0.1) is 33.9 Å². The van der Waals surface area contributed by atoms with Gasteiger partial charge in [-0.3, -0.25) is 0 Å². The van der Waals surface area contributed by atoms with Crippen molar-refractivity contribution in [2.45, 2.75) is 52.6 Å². The average molecular weight is 571 g/mol. The van der Waals surface area contributed by atoms with E-state index in [0.717, 1.165) is 36.1 Å². The highest BCUT2D eigenvalue weighted by Crippen LogP contribution is 2.39. The van der Waals surface area contributed by atoms with Crippen LogP contribution in [0.4, 0.5) is 9.59 Å². The van der Waals surface area contributed by atoms with Crippen LogP contribution in [0.25, 0.3) is 23.2 Å². The van der Waals surface area contributed by atoms with Gasteiger partial charge in [-0.05, 0) is 33.7 Å². The molecule has 0 saturated carbocycles. The summed E-state index contributed by atoms with van der Waals surface area (Å²) in [6.07, 6.45) is 6.33. The van der Waals surface area contributed by atoms with Crippen LogP contribution in [-0.4, -0.2) is 31.4 Å². The molecular weight excluding hydrogens is 536 g/mol. The monoisotopic (exact) mass is 570 g/mol. The van der Waals surface area contributed by atoms with Crippen LogP contribution in [0, 0.1) is 21.1 Å². The molecule has 2 aromatic heterocycles. The summed E-state index contributed by atoms with van der Waals surface area (Å²) in [7, 11) is 0. The molecule has 0 fully saturated rings. The van der Waals surface area contributed by atoms with Gasteiger partial charge in [-0.15, -0.1) is 0 Å². The lowest BCUT2D eigenvalue weighted by Gasteiger charge is -2.09. The third-order valence-electron chi connectivity index (χ3n) is 6.79. The zero-order chi connectivity index (χ0) is 30.2. The van der Waals surface area contributed by atoms with Gasteiger partial charge in [-0.1, -0.05) is 85.4 Å². The van der Waals surface area contributed by atoms with Crippen molar-refractivity contribution in [3.05, 3.63) is 80.1 Å². The molecule has 12 heteroatoms. The van der Waals surface area contributed by atoms with Gasteiger partial charge in [0.1, 0.15) is 0 Å². The molecule has 0 radical (unpaired) electrons. The summed E-state index contributed by atoms with van der Waals surface area (Å²) in [5.41, 5.74) is 10.0. The van der Waals surface area contributed by atoms with Crippen LogP contribution in [0.5, 0.6) is 11.8 Å². The fourth-order valence-corrected chi connectivity index (χ4v) is 4.85. The standard InChI is InChI=1S/C30H34N8O4/c1-3-5-15-37-25(21-11-7-19(8-12-21)17-33-35-29(31)41)23-24(27(37)39)26(38(28(23)40)16-6-4-2)22-13-9-20(10-14-22)18-34-36-30(32)42/h7-14,17-18,39-40H,3-6,15-16H2,1-2H3,(H2,31,41)(H2,32,42). The van der Waals surface area contributed by atoms with E-state index < -0.39 is 12.1 Å². The number of nitrogens with two attached hydrogens (primary N) is 2. The summed E-state index contributed by atoms with van der Waals surface area (Å²) in [4.78, 5) is 21.7. The number of carbonyl (C=O) groups is 2. The maximum absolute atomic E-state index is 11.7. The molecule has 0 aliphatic heterocycles. The number of unbranched alkanes of at least 4 members (excludes halogenated alkanes) is 2. The van der Waals surface area contributed by atoms with E-state index in [0.29, 0.717) is 45.0 Å². The second-order valence-electron chi connectivity index (χ2n) is 9.71. The quantitative estimate of drug-likeness (QED) is 0.226. The number of azo groups is 2. The van der Waals surface area contributed by atoms with Crippen molar-refractivity contribution >= 4 is 35.2 Å². The van der Waals surface area contributed by atoms with E-state index in [-0.39, 0.29) is 11.8 Å². The van der Waals surface area contributed by atoms with E-state index in [4.69, 9.17) is 11.5 Å². The Bertz CT molecular complexity index is 1820. The highest BCUT2D eigenvalue weighted by molar-refractivity contribution is 5.94. The first-order chi connectivity index (χ1) is 20.3. The van der Waals surface area contributed by atoms with Crippen molar-refractivity contribution < 1.29 is 19.8 Å². The van der Waals surface area contributed by atoms with Gasteiger partial charge in [0.25, 0.3) is 0 Å². The predicted molar refractivity (Wildman–Crippen MR) is 158 cm³/mol. The highest BCUT2D eigenvalue weighted by Gasteiger charge is 2.22. The number of primary amides is 2. The highest BCUT2D eigenvalue weighted by atomic mass is 16.3. The van der Waals surface area contributed by atoms with Gasteiger partial charge < -0.3 is 30.8 Å². The number of urea groups is 2. The number of carbonyl (C=O) groups excluding carboxylic acids is 2. The number of hydrogen-bond acceptors (Lipinski definition) is 6. The maximum Gasteiger partial charge on any atom is 0.356 e. The molecule has 0 saturated heterocycles. The number of aromatic nitrogens is 2. The molecule has 2 aromatic carbocycles. The molecule has 6 N–H and O–H groups in total. The zero-order valence-corrected chi connectivity index (χ0v) is 23.6. The van der Waals surface area contributed by atoms with Crippen molar-refractivity contribution in [3.8, 4) is 11.8 Å². The second-order valence-corrected chi connectivity index (χ2v) is 9.71. The minimum Gasteiger partial charge on any atom is -0.494 e. The molecular formula is C30H34N8O4. The van der Waals surface area contributed by atoms with E-state index in [9.17, 15) is 19.8 Å². The smallest absolute Gasteiger partial charge is 0.356 e. The Balaban J connectivity index is 2.12. The molecule has 42 heavy (non-hydrogen) atoms. The van der Waals surface area contributed by atoms with Crippen LogP contribution in [0.15, 0.2) is 69.0 Å². The summed E-state index contributed by atoms with van der Waals surface area (Å²) in [6, 6.07) is 13.0. The normalized spacial score (nSPS) is 11.6. The summed E-state index contributed by atoms with van der Waals surface area (Å²) in [5, 5.41) is 42.9. The summed E-state index contributed by atoms with van der Waals surface area (Å²) >= 11 is 0. The lowest BCUT2D eigenvalue weighted by Crippen LogP contribution is -2.03. The van der Waals surface area contributed by atoms with Crippen molar-refractivity contribution in [1.82, 2.24) is 9.13 Å². The number of hydrogen-bond donors (Lipinski definition) is 4. The molecule has 0 bridgehead atoms. The van der Waals surface area contributed by atoms with Gasteiger partial charge in [0, 0.05) is 13.1 Å². The number of rotatable bonds is 8. The largest absolute Gasteiger partial charge is 0.494 e. The van der Waals surface area contributed by atoms with Gasteiger partial charge in [-0.25, -0.2) is 9.59 Å². The average Bonchev–Trinajstić information content (AvgIpc) is 3.41. The Morgan fingerprint density at radius 2 is 1.05 bits per heavy atom. The van der Waals surface area contributed by atoms with Crippen molar-refractivity contribution in [3.63, 3.8) is 0 Å². The SMILES string of the molecule is CCCCn1c(O)c2c(=c3ccc(=CN=NC(N)=O)cc3)n(CCCC)c(O)c2c1=c1ccc(=CN=NC(N)=O)cc1. The molecule has 0 aliphatic carbocycles. The van der Waals surface area contributed by atoms with E-state index >= 15 is 0 Å². The number of fused-ring (bicyclic) bond motifs is 1. The summed E-state index contributed by atoms with van der Waals surface area (Å²) < 4.78 is 3.69. The molecule has 4 rings (SSSR count). The molecule has 4 aromatic rings. The van der Waals surface area contributed by atoms with E-state index in [1.54, 1.807) is 0 Å². The molecule has 0 unspecified atom stereocenters. The van der Waals surface area contributed by atoms with Crippen molar-refractivity contribution in [2.24, 2.45) is 31.9 Å². The molecule has 218 valence electrons. The minimum atomic E-state index is -0.880. The van der Waals surface area contributed by atoms with E-state index in [1.807, 2.05) is 57.7 Å². The lowest BCUT2D eigenvalue weighted by molar-refractivity contribution is 0.254. The Morgan fingerprint density at radius 3 is 1.36 bits per heavy atom. The third-order valence-corrected chi connectivity index (χ3v) is 6.79. The molecule has 0 spiro atoms. The summed E-state index contributed by atoms with van der Waals surface area (Å²) in [6.45, 7) is 5.27. The number of benzene rings is 2. The number of nitrogens with zero attached hydrogens (tertiary/aromatic N) is 6. The number of amides is 4. The predicted octanol–water partition coefficient (Wildman–Crippen LogP) is 4.57. The lowest BCUT2D eigenvalue weighted by atomic mass is 10.2. The van der Waals surface area contributed by atoms with E-state index in [1.165, 1.54) is 12.4 Å². The molecule has 12 nitrogen and oxygen atoms in total. The Hall–Kier alpha value is -5.26. The van der Waals surface area contributed by atoms with Gasteiger partial charge in [0.2, 0.25) is 11.8 Å². The number of aromatic hydroxyl groups is 2. The molecule has 0 atom stereocenters. The minimum absolute atomic E-state index is 0.0748. The van der Waals surface area contributed by atoms with Crippen LogP contribution < -0.4 is 21.9 Å². The summed E-state index contributed by atoms with van der Waals surface area (Å²) in [5.74, 6) is 0.150. The first kappa shape index (κ1) is 29.7. The maximum atomic E-state index is 11.7. The van der Waals surface area contributed by atoms with Crippen LogP contribution >= 0.6 is 0 Å². The van der Waals surface area contributed by atoms with Crippen LogP contribution in [0.2, 0.25) is 0 Å². The van der Waals surface area contributed by atoms with Crippen molar-refractivity contribution in [1.29, 1.82) is 0 Å². The van der Waals surface area contributed by atoms with Crippen molar-refractivity contribution in [2.75, 3.05) is 0 Å². The molecule has 2 heterocycles. The third kappa shape index (κ3) is 6.38. The van der Waals surface area contributed by atoms with Crippen LogP contribution in [0.1, 0.15) is 39.5 Å². The first-order valence-corrected chi connectivity index (χ1v) is 13.7. The van der Waals surface area contributed by atoms with Crippen LogP contribution in [-0.2, 0) is 13.1 Å². The fraction of sp³-hybridized carbons (Fsp3) is 0.267. The molecule has 0 aliphatic rings. The van der Waals surface area contributed by atoms with E-state index in [2.05, 4.69) is 34.3 Å².